The van der Waals surface area contributed by atoms with Gasteiger partial charge in [-0.2, -0.15) is 0 Å². The first-order valence-corrected chi connectivity index (χ1v) is 11.5. The van der Waals surface area contributed by atoms with E-state index in [1.807, 2.05) is 0 Å². The predicted octanol–water partition coefficient (Wildman–Crippen LogP) is 3.45. The Morgan fingerprint density at radius 3 is 2.28 bits per heavy atom. The molecule has 0 saturated carbocycles. The van der Waals surface area contributed by atoms with Gasteiger partial charge in [0.15, 0.2) is 11.8 Å². The van der Waals surface area contributed by atoms with Crippen molar-refractivity contribution in [3.63, 3.8) is 0 Å². The molecule has 0 fully saturated rings. The minimum Gasteiger partial charge on any atom is -0.490 e. The third kappa shape index (κ3) is 9.53. The molecule has 2 rings (SSSR count). The number of hydrogen-bond acceptors (Lipinski definition) is 9. The summed E-state index contributed by atoms with van der Waals surface area (Å²) in [7, 11) is 0. The highest BCUT2D eigenvalue weighted by molar-refractivity contribution is 5.75. The van der Waals surface area contributed by atoms with E-state index in [1.54, 1.807) is 72.0 Å². The van der Waals surface area contributed by atoms with Crippen LogP contribution in [0.1, 0.15) is 48.0 Å². The summed E-state index contributed by atoms with van der Waals surface area (Å²) in [6.45, 7) is 10.6. The largest absolute Gasteiger partial charge is 0.490 e. The summed E-state index contributed by atoms with van der Waals surface area (Å²) in [5.41, 5.74) is -0.327. The summed E-state index contributed by atoms with van der Waals surface area (Å²) < 4.78 is 17.1. The van der Waals surface area contributed by atoms with Crippen molar-refractivity contribution in [1.29, 1.82) is 0 Å². The summed E-state index contributed by atoms with van der Waals surface area (Å²) in [6, 6.07) is 6.53. The number of aliphatic hydroxyl groups is 1. The summed E-state index contributed by atoms with van der Waals surface area (Å²) >= 11 is 0. The number of rotatable bonds is 10. The molecule has 0 spiro atoms. The van der Waals surface area contributed by atoms with E-state index >= 15 is 0 Å². The second-order valence-corrected chi connectivity index (χ2v) is 10.0. The molecule has 2 N–H and O–H groups in total. The van der Waals surface area contributed by atoms with Gasteiger partial charge in [-0.25, -0.2) is 14.2 Å². The number of nitrogens with zero attached hydrogens (tertiary/aromatic N) is 3. The lowest BCUT2D eigenvalue weighted by molar-refractivity contribution is -0.396. The number of nitro groups is 1. The molecule has 1 heterocycles. The number of aryl methyl sites for hydroxylation is 1. The summed E-state index contributed by atoms with van der Waals surface area (Å²) in [5, 5.41) is 24.0. The first-order chi connectivity index (χ1) is 16.6. The molecule has 1 aromatic carbocycles. The molecular formula is C24H34N4O8. The van der Waals surface area contributed by atoms with Crippen molar-refractivity contribution in [3.05, 3.63) is 40.6 Å². The quantitative estimate of drug-likeness (QED) is 0.213. The van der Waals surface area contributed by atoms with Crippen molar-refractivity contribution in [2.24, 2.45) is 0 Å². The zero-order valence-corrected chi connectivity index (χ0v) is 21.4. The lowest BCUT2D eigenvalue weighted by atomic mass is 10.1. The van der Waals surface area contributed by atoms with Gasteiger partial charge in [-0.3, -0.25) is 0 Å². The minimum absolute atomic E-state index is 0.267. The van der Waals surface area contributed by atoms with Gasteiger partial charge >= 0.3 is 18.0 Å². The number of carbonyl (C=O) groups is 2. The Hall–Kier alpha value is -3.67. The SMILES string of the molecule is CC(C)(C)OC(=O)NCCCn1cc(-c2ccc(OCC(O)C(=O)OC(C)(C)C)cc2)nc1[N+](=O)[O-]. The zero-order valence-electron chi connectivity index (χ0n) is 21.4. The van der Waals surface area contributed by atoms with E-state index in [2.05, 4.69) is 10.3 Å². The van der Waals surface area contributed by atoms with E-state index < -0.39 is 34.3 Å². The van der Waals surface area contributed by atoms with Crippen molar-refractivity contribution in [2.75, 3.05) is 13.2 Å². The van der Waals surface area contributed by atoms with Gasteiger partial charge in [0.1, 0.15) is 29.8 Å². The van der Waals surface area contributed by atoms with Gasteiger partial charge in [0.05, 0.1) is 6.54 Å². The van der Waals surface area contributed by atoms with Crippen LogP contribution in [0.15, 0.2) is 30.5 Å². The van der Waals surface area contributed by atoms with Crippen LogP contribution < -0.4 is 10.1 Å². The van der Waals surface area contributed by atoms with Gasteiger partial charge in [0.25, 0.3) is 0 Å². The van der Waals surface area contributed by atoms with Gasteiger partial charge in [-0.05, 0) is 77.2 Å². The molecule has 2 aromatic rings. The Morgan fingerprint density at radius 1 is 1.11 bits per heavy atom. The molecule has 1 atom stereocenters. The molecule has 0 aliphatic rings. The molecule has 36 heavy (non-hydrogen) atoms. The maximum atomic E-state index is 11.8. The number of aromatic nitrogens is 2. The van der Waals surface area contributed by atoms with Crippen LogP contribution in [0.4, 0.5) is 10.7 Å². The topological polar surface area (TPSA) is 155 Å². The van der Waals surface area contributed by atoms with Crippen LogP contribution in [0.5, 0.6) is 5.75 Å². The van der Waals surface area contributed by atoms with Gasteiger partial charge in [-0.15, -0.1) is 0 Å². The fraction of sp³-hybridized carbons (Fsp3) is 0.542. The van der Waals surface area contributed by atoms with E-state index in [9.17, 15) is 24.8 Å². The van der Waals surface area contributed by atoms with Crippen molar-refractivity contribution >= 4 is 18.0 Å². The molecule has 0 aliphatic carbocycles. The second kappa shape index (κ2) is 11.8. The van der Waals surface area contributed by atoms with Crippen LogP contribution in [-0.4, -0.2) is 62.1 Å². The van der Waals surface area contributed by atoms with Gasteiger partial charge in [0.2, 0.25) is 0 Å². The van der Waals surface area contributed by atoms with Crippen LogP contribution >= 0.6 is 0 Å². The van der Waals surface area contributed by atoms with Gasteiger partial charge < -0.3 is 34.7 Å². The number of aliphatic hydroxyl groups excluding tert-OH is 1. The number of imidazole rings is 1. The highest BCUT2D eigenvalue weighted by atomic mass is 16.6. The molecule has 0 bridgehead atoms. The first-order valence-electron chi connectivity index (χ1n) is 11.5. The Morgan fingerprint density at radius 2 is 1.72 bits per heavy atom. The van der Waals surface area contributed by atoms with Crippen molar-refractivity contribution < 1.29 is 33.8 Å². The van der Waals surface area contributed by atoms with Crippen molar-refractivity contribution in [2.45, 2.75) is 71.8 Å². The second-order valence-electron chi connectivity index (χ2n) is 10.0. The Balaban J connectivity index is 1.96. The number of alkyl carbamates (subject to hydrolysis) is 1. The van der Waals surface area contributed by atoms with Crippen LogP contribution in [0.3, 0.4) is 0 Å². The van der Waals surface area contributed by atoms with Crippen molar-refractivity contribution in [3.8, 4) is 17.0 Å². The highest BCUT2D eigenvalue weighted by Crippen LogP contribution is 2.25. The van der Waals surface area contributed by atoms with Crippen LogP contribution in [0, 0.1) is 10.1 Å². The Labute approximate surface area is 209 Å². The van der Waals surface area contributed by atoms with Gasteiger partial charge in [0, 0.05) is 12.1 Å². The Bertz CT molecular complexity index is 1050. The third-order valence-corrected chi connectivity index (χ3v) is 4.40. The Kier molecular flexibility index (Phi) is 9.40. The average molecular weight is 507 g/mol. The molecule has 0 aliphatic heterocycles. The molecule has 1 unspecified atom stereocenters. The number of benzene rings is 1. The zero-order chi connectivity index (χ0) is 27.1. The maximum absolute atomic E-state index is 11.8. The molecule has 0 saturated heterocycles. The van der Waals surface area contributed by atoms with Crippen molar-refractivity contribution in [1.82, 2.24) is 14.9 Å². The monoisotopic (exact) mass is 506 g/mol. The van der Waals surface area contributed by atoms with E-state index in [0.29, 0.717) is 23.4 Å². The maximum Gasteiger partial charge on any atom is 0.435 e. The molecule has 0 radical (unpaired) electrons. The number of ether oxygens (including phenoxy) is 3. The fourth-order valence-electron chi connectivity index (χ4n) is 2.94. The number of carbonyl (C=O) groups excluding carboxylic acids is 2. The van der Waals surface area contributed by atoms with Crippen LogP contribution in [-0.2, 0) is 20.8 Å². The standard InChI is InChI=1S/C24H34N4O8/c1-23(2,3)35-20(30)19(29)15-34-17-10-8-16(9-11-17)18-14-27(21(26-18)28(32)33)13-7-12-25-22(31)36-24(4,5)6/h8-11,14,19,29H,7,12-13,15H2,1-6H3,(H,25,31). The summed E-state index contributed by atoms with van der Waals surface area (Å²) in [4.78, 5) is 38.6. The number of nitrogens with one attached hydrogen (secondary N) is 1. The normalized spacial score (nSPS) is 12.5. The third-order valence-electron chi connectivity index (χ3n) is 4.40. The molecular weight excluding hydrogens is 472 g/mol. The summed E-state index contributed by atoms with van der Waals surface area (Å²) in [5.74, 6) is -0.704. The lowest BCUT2D eigenvalue weighted by Gasteiger charge is -2.21. The predicted molar refractivity (Wildman–Crippen MR) is 131 cm³/mol. The molecule has 12 nitrogen and oxygen atoms in total. The van der Waals surface area contributed by atoms with Crippen LogP contribution in [0.2, 0.25) is 0 Å². The minimum atomic E-state index is -1.44. The number of hydrogen-bond donors (Lipinski definition) is 2. The molecule has 12 heteroatoms. The van der Waals surface area contributed by atoms with Crippen LogP contribution in [0.25, 0.3) is 11.3 Å². The van der Waals surface area contributed by atoms with E-state index in [-0.39, 0.29) is 25.6 Å². The molecule has 198 valence electrons. The number of amides is 1. The fourth-order valence-corrected chi connectivity index (χ4v) is 2.94. The smallest absolute Gasteiger partial charge is 0.435 e. The van der Waals surface area contributed by atoms with E-state index in [1.165, 1.54) is 4.57 Å². The molecule has 1 amide bonds. The van der Waals surface area contributed by atoms with E-state index in [0.717, 1.165) is 0 Å². The summed E-state index contributed by atoms with van der Waals surface area (Å²) in [6.07, 6.45) is 0.00686. The van der Waals surface area contributed by atoms with Gasteiger partial charge in [-0.1, -0.05) is 4.98 Å². The number of esters is 1. The van der Waals surface area contributed by atoms with E-state index in [4.69, 9.17) is 14.2 Å². The lowest BCUT2D eigenvalue weighted by Crippen LogP contribution is -2.35. The molecule has 1 aromatic heterocycles. The first kappa shape index (κ1) is 28.6. The highest BCUT2D eigenvalue weighted by Gasteiger charge is 2.24. The average Bonchev–Trinajstić information content (AvgIpc) is 3.17.